The molecule has 1 heterocycles. The molecule has 0 fully saturated rings. The Hall–Kier alpha value is -1.96. The van der Waals surface area contributed by atoms with Gasteiger partial charge in [-0.3, -0.25) is 9.59 Å². The quantitative estimate of drug-likeness (QED) is 0.708. The van der Waals surface area contributed by atoms with Crippen molar-refractivity contribution in [3.05, 3.63) is 11.7 Å². The van der Waals surface area contributed by atoms with Gasteiger partial charge >= 0.3 is 0 Å². The fourth-order valence-electron chi connectivity index (χ4n) is 1.16. The van der Waals surface area contributed by atoms with E-state index in [2.05, 4.69) is 20.8 Å². The molecule has 0 aliphatic rings. The van der Waals surface area contributed by atoms with Gasteiger partial charge in [0, 0.05) is 13.7 Å². The van der Waals surface area contributed by atoms with Crippen molar-refractivity contribution >= 4 is 11.8 Å². The second kappa shape index (κ2) is 6.70. The second-order valence-corrected chi connectivity index (χ2v) is 3.41. The third-order valence-electron chi connectivity index (χ3n) is 2.10. The highest BCUT2D eigenvalue weighted by Crippen LogP contribution is 1.98. The number of nitrogens with zero attached hydrogens (tertiary/aromatic N) is 2. The van der Waals surface area contributed by atoms with E-state index in [1.165, 1.54) is 7.05 Å². The Morgan fingerprint density at radius 2 is 2.22 bits per heavy atom. The zero-order valence-electron chi connectivity index (χ0n) is 10.5. The lowest BCUT2D eigenvalue weighted by Crippen LogP contribution is -2.34. The van der Waals surface area contributed by atoms with Gasteiger partial charge < -0.3 is 19.9 Å². The van der Waals surface area contributed by atoms with Crippen LogP contribution in [-0.4, -0.2) is 41.7 Å². The van der Waals surface area contributed by atoms with E-state index in [0.717, 1.165) is 0 Å². The zero-order chi connectivity index (χ0) is 13.5. The second-order valence-electron chi connectivity index (χ2n) is 3.41. The first kappa shape index (κ1) is 14.1. The average molecular weight is 256 g/mol. The number of nitrogens with one attached hydrogen (secondary N) is 2. The predicted molar refractivity (Wildman–Crippen MR) is 60.6 cm³/mol. The monoisotopic (exact) mass is 256 g/mol. The lowest BCUT2D eigenvalue weighted by atomic mass is 10.4. The van der Waals surface area contributed by atoms with Gasteiger partial charge in [-0.25, -0.2) is 0 Å². The van der Waals surface area contributed by atoms with Gasteiger partial charge in [-0.15, -0.1) is 0 Å². The lowest BCUT2D eigenvalue weighted by molar-refractivity contribution is -0.131. The van der Waals surface area contributed by atoms with Gasteiger partial charge in [-0.1, -0.05) is 5.16 Å². The molecular weight excluding hydrogens is 240 g/mol. The Balaban J connectivity index is 2.46. The van der Waals surface area contributed by atoms with E-state index in [-0.39, 0.29) is 24.2 Å². The molecule has 1 atom stereocenters. The molecule has 0 radical (unpaired) electrons. The molecule has 1 aromatic heterocycles. The van der Waals surface area contributed by atoms with E-state index in [4.69, 9.17) is 9.26 Å². The first-order valence-electron chi connectivity index (χ1n) is 5.52. The van der Waals surface area contributed by atoms with Crippen LogP contribution in [0.5, 0.6) is 0 Å². The van der Waals surface area contributed by atoms with Gasteiger partial charge in [-0.05, 0) is 13.8 Å². The summed E-state index contributed by atoms with van der Waals surface area (Å²) in [6.07, 6.45) is -0.545. The minimum absolute atomic E-state index is 0.0558. The van der Waals surface area contributed by atoms with Crippen LogP contribution in [0.1, 0.15) is 30.4 Å². The van der Waals surface area contributed by atoms with Crippen LogP contribution < -0.4 is 10.6 Å². The third-order valence-corrected chi connectivity index (χ3v) is 2.10. The van der Waals surface area contributed by atoms with Crippen molar-refractivity contribution in [3.63, 3.8) is 0 Å². The van der Waals surface area contributed by atoms with Crippen LogP contribution in [0, 0.1) is 0 Å². The summed E-state index contributed by atoms with van der Waals surface area (Å²) in [5.41, 5.74) is 0. The normalized spacial score (nSPS) is 11.9. The molecule has 2 N–H and O–H groups in total. The van der Waals surface area contributed by atoms with Crippen LogP contribution in [0.15, 0.2) is 4.52 Å². The predicted octanol–water partition coefficient (Wildman–Crippen LogP) is -0.530. The van der Waals surface area contributed by atoms with Crippen LogP contribution in [0.25, 0.3) is 0 Å². The molecule has 0 bridgehead atoms. The van der Waals surface area contributed by atoms with Gasteiger partial charge in [0.15, 0.2) is 0 Å². The lowest BCUT2D eigenvalue weighted by Gasteiger charge is -2.10. The Bertz CT molecular complexity index is 418. The van der Waals surface area contributed by atoms with E-state index < -0.39 is 12.0 Å². The maximum absolute atomic E-state index is 11.5. The van der Waals surface area contributed by atoms with E-state index in [1.54, 1.807) is 13.8 Å². The molecule has 0 saturated carbocycles. The SMILES string of the molecule is CCOC(C)C(=O)NCc1nc(C(=O)NC)no1. The first-order chi connectivity index (χ1) is 8.58. The van der Waals surface area contributed by atoms with E-state index >= 15 is 0 Å². The Morgan fingerprint density at radius 3 is 2.83 bits per heavy atom. The molecule has 100 valence electrons. The number of aromatic nitrogens is 2. The summed E-state index contributed by atoms with van der Waals surface area (Å²) in [7, 11) is 1.46. The summed E-state index contributed by atoms with van der Waals surface area (Å²) >= 11 is 0. The molecule has 8 heteroatoms. The maximum Gasteiger partial charge on any atom is 0.292 e. The fourth-order valence-corrected chi connectivity index (χ4v) is 1.16. The summed E-state index contributed by atoms with van der Waals surface area (Å²) in [5, 5.41) is 8.39. The highest BCUT2D eigenvalue weighted by atomic mass is 16.5. The largest absolute Gasteiger partial charge is 0.369 e. The average Bonchev–Trinajstić information content (AvgIpc) is 2.84. The minimum atomic E-state index is -0.545. The summed E-state index contributed by atoms with van der Waals surface area (Å²) in [5.74, 6) is -0.638. The molecular formula is C10H16N4O4. The van der Waals surface area contributed by atoms with Crippen LogP contribution in [-0.2, 0) is 16.1 Å². The number of hydrogen-bond acceptors (Lipinski definition) is 6. The number of ether oxygens (including phenoxy) is 1. The number of carbonyl (C=O) groups is 2. The van der Waals surface area contributed by atoms with Crippen molar-refractivity contribution in [2.45, 2.75) is 26.5 Å². The summed E-state index contributed by atoms with van der Waals surface area (Å²) in [4.78, 5) is 26.5. The zero-order valence-corrected chi connectivity index (χ0v) is 10.5. The third kappa shape index (κ3) is 3.81. The van der Waals surface area contributed by atoms with Gasteiger partial charge in [0.1, 0.15) is 6.10 Å². The topological polar surface area (TPSA) is 106 Å². The highest BCUT2D eigenvalue weighted by Gasteiger charge is 2.16. The van der Waals surface area contributed by atoms with Crippen molar-refractivity contribution in [2.75, 3.05) is 13.7 Å². The molecule has 1 rings (SSSR count). The van der Waals surface area contributed by atoms with E-state index in [9.17, 15) is 9.59 Å². The van der Waals surface area contributed by atoms with E-state index in [0.29, 0.717) is 6.61 Å². The molecule has 0 aliphatic heterocycles. The van der Waals surface area contributed by atoms with Crippen molar-refractivity contribution in [3.8, 4) is 0 Å². The van der Waals surface area contributed by atoms with Crippen LogP contribution >= 0.6 is 0 Å². The minimum Gasteiger partial charge on any atom is -0.369 e. The molecule has 2 amide bonds. The standard InChI is InChI=1S/C10H16N4O4/c1-4-17-6(2)9(15)12-5-7-13-8(14-18-7)10(16)11-3/h6H,4-5H2,1-3H3,(H,11,16)(H,12,15). The number of carbonyl (C=O) groups excluding carboxylic acids is 2. The van der Waals surface area contributed by atoms with Crippen molar-refractivity contribution < 1.29 is 18.8 Å². The van der Waals surface area contributed by atoms with E-state index in [1.807, 2.05) is 0 Å². The highest BCUT2D eigenvalue weighted by molar-refractivity contribution is 5.89. The van der Waals surface area contributed by atoms with Crippen molar-refractivity contribution in [2.24, 2.45) is 0 Å². The molecule has 0 aromatic carbocycles. The number of hydrogen-bond donors (Lipinski definition) is 2. The number of amides is 2. The molecule has 1 aromatic rings. The van der Waals surface area contributed by atoms with Gasteiger partial charge in [0.2, 0.25) is 11.8 Å². The Morgan fingerprint density at radius 1 is 1.50 bits per heavy atom. The van der Waals surface area contributed by atoms with Gasteiger partial charge in [-0.2, -0.15) is 4.98 Å². The van der Waals surface area contributed by atoms with Gasteiger partial charge in [0.05, 0.1) is 6.54 Å². The molecule has 0 aliphatic carbocycles. The molecule has 1 unspecified atom stereocenters. The first-order valence-corrected chi connectivity index (χ1v) is 5.52. The van der Waals surface area contributed by atoms with Crippen molar-refractivity contribution in [1.29, 1.82) is 0 Å². The smallest absolute Gasteiger partial charge is 0.292 e. The Labute approximate surface area is 104 Å². The maximum atomic E-state index is 11.5. The van der Waals surface area contributed by atoms with Crippen molar-refractivity contribution in [1.82, 2.24) is 20.8 Å². The molecule has 18 heavy (non-hydrogen) atoms. The molecule has 0 saturated heterocycles. The molecule has 0 spiro atoms. The van der Waals surface area contributed by atoms with Crippen LogP contribution in [0.4, 0.5) is 0 Å². The Kier molecular flexibility index (Phi) is 5.25. The van der Waals surface area contributed by atoms with Gasteiger partial charge in [0.25, 0.3) is 11.7 Å². The summed E-state index contributed by atoms with van der Waals surface area (Å²) in [6.45, 7) is 3.95. The number of rotatable bonds is 6. The summed E-state index contributed by atoms with van der Waals surface area (Å²) < 4.78 is 9.91. The fraction of sp³-hybridized carbons (Fsp3) is 0.600. The van der Waals surface area contributed by atoms with Crippen LogP contribution in [0.3, 0.4) is 0 Å². The van der Waals surface area contributed by atoms with Crippen LogP contribution in [0.2, 0.25) is 0 Å². The molecule has 8 nitrogen and oxygen atoms in total. The summed E-state index contributed by atoms with van der Waals surface area (Å²) in [6, 6.07) is 0.